The molecule has 2 N–H and O–H groups in total. The minimum absolute atomic E-state index is 0.0502. The molecule has 0 saturated heterocycles. The molecule has 8 heteroatoms. The smallest absolute Gasteiger partial charge is 0.324 e. The van der Waals surface area contributed by atoms with E-state index in [9.17, 15) is 18.0 Å². The van der Waals surface area contributed by atoms with Crippen LogP contribution in [-0.4, -0.2) is 42.6 Å². The maximum absolute atomic E-state index is 13.1. The number of nitrogens with two attached hydrogens (primary N) is 1. The van der Waals surface area contributed by atoms with Gasteiger partial charge in [-0.25, -0.2) is 8.42 Å². The molecule has 184 valence electrons. The molecular formula is C27H30N2O5S. The van der Waals surface area contributed by atoms with Crippen molar-refractivity contribution in [3.05, 3.63) is 95.3 Å². The van der Waals surface area contributed by atoms with Crippen molar-refractivity contribution in [3.8, 4) is 0 Å². The maximum Gasteiger partial charge on any atom is 0.324 e. The van der Waals surface area contributed by atoms with Gasteiger partial charge in [0.15, 0.2) is 9.84 Å². The van der Waals surface area contributed by atoms with E-state index in [0.717, 1.165) is 11.1 Å². The normalized spacial score (nSPS) is 13.1. The SMILES string of the molecule is COC(=O)[C@@H](N)C(C)(C)S(=O)(=O)c1ccc(/C=C/Cn2cccc2C(=O)c2ccc(C)cc2)cc1. The second-order valence-corrected chi connectivity index (χ2v) is 11.4. The third-order valence-corrected chi connectivity index (χ3v) is 8.61. The van der Waals surface area contributed by atoms with Gasteiger partial charge in [0.05, 0.1) is 22.4 Å². The highest BCUT2D eigenvalue weighted by molar-refractivity contribution is 7.92. The molecule has 1 heterocycles. The minimum atomic E-state index is -3.90. The van der Waals surface area contributed by atoms with Crippen LogP contribution in [0.2, 0.25) is 0 Å². The Labute approximate surface area is 206 Å². The summed E-state index contributed by atoms with van der Waals surface area (Å²) in [7, 11) is -2.73. The van der Waals surface area contributed by atoms with Gasteiger partial charge >= 0.3 is 5.97 Å². The zero-order valence-corrected chi connectivity index (χ0v) is 21.1. The van der Waals surface area contributed by atoms with Crippen molar-refractivity contribution in [1.29, 1.82) is 0 Å². The van der Waals surface area contributed by atoms with Gasteiger partial charge in [-0.1, -0.05) is 54.1 Å². The molecule has 0 aliphatic heterocycles. The molecule has 1 atom stereocenters. The van der Waals surface area contributed by atoms with Gasteiger partial charge in [0, 0.05) is 18.3 Å². The number of carbonyl (C=O) groups is 2. The van der Waals surface area contributed by atoms with Gasteiger partial charge < -0.3 is 15.0 Å². The number of rotatable bonds is 9. The number of methoxy groups -OCH3 is 1. The number of sulfone groups is 1. The summed E-state index contributed by atoms with van der Waals surface area (Å²) in [5.74, 6) is -0.839. The first-order chi connectivity index (χ1) is 16.5. The number of esters is 1. The fraction of sp³-hybridized carbons (Fsp3) is 0.259. The second kappa shape index (κ2) is 10.4. The van der Waals surface area contributed by atoms with Crippen molar-refractivity contribution in [2.24, 2.45) is 5.73 Å². The lowest BCUT2D eigenvalue weighted by molar-refractivity contribution is -0.142. The molecule has 0 radical (unpaired) electrons. The molecule has 3 rings (SSSR count). The Kier molecular flexibility index (Phi) is 7.77. The average molecular weight is 495 g/mol. The summed E-state index contributed by atoms with van der Waals surface area (Å²) < 4.78 is 31.1. The monoisotopic (exact) mass is 494 g/mol. The highest BCUT2D eigenvalue weighted by Gasteiger charge is 2.45. The van der Waals surface area contributed by atoms with Crippen LogP contribution in [0.1, 0.15) is 41.0 Å². The Bertz CT molecular complexity index is 1330. The maximum atomic E-state index is 13.1. The van der Waals surface area contributed by atoms with Crippen LogP contribution in [0.25, 0.3) is 6.08 Å². The molecule has 0 saturated carbocycles. The van der Waals surface area contributed by atoms with Gasteiger partial charge in [-0.15, -0.1) is 0 Å². The van der Waals surface area contributed by atoms with Gasteiger partial charge in [0.1, 0.15) is 6.04 Å². The third kappa shape index (κ3) is 5.44. The zero-order valence-electron chi connectivity index (χ0n) is 20.3. The molecule has 0 aliphatic rings. The largest absolute Gasteiger partial charge is 0.468 e. The first kappa shape index (κ1) is 26.1. The number of ether oxygens (including phenoxy) is 1. The van der Waals surface area contributed by atoms with Crippen LogP contribution >= 0.6 is 0 Å². The highest BCUT2D eigenvalue weighted by Crippen LogP contribution is 2.28. The van der Waals surface area contributed by atoms with E-state index in [1.165, 1.54) is 33.1 Å². The number of aromatic nitrogens is 1. The van der Waals surface area contributed by atoms with Crippen LogP contribution in [0.5, 0.6) is 0 Å². The Morgan fingerprint density at radius 1 is 1.06 bits per heavy atom. The first-order valence-electron chi connectivity index (χ1n) is 11.1. The summed E-state index contributed by atoms with van der Waals surface area (Å²) in [6, 6.07) is 16.1. The van der Waals surface area contributed by atoms with E-state index in [4.69, 9.17) is 5.73 Å². The van der Waals surface area contributed by atoms with Crippen molar-refractivity contribution in [1.82, 2.24) is 4.57 Å². The molecule has 2 aromatic carbocycles. The minimum Gasteiger partial charge on any atom is -0.468 e. The molecule has 1 aromatic heterocycles. The van der Waals surface area contributed by atoms with Gasteiger partial charge in [0.25, 0.3) is 0 Å². The van der Waals surface area contributed by atoms with E-state index in [1.807, 2.05) is 60.2 Å². The standard InChI is InChI=1S/C27H30N2O5S/c1-19-9-13-21(14-10-19)24(30)23-8-6-18-29(23)17-5-7-20-11-15-22(16-12-20)35(32,33)27(2,3)25(28)26(31)34-4/h5-16,18,25H,17,28H2,1-4H3/b7-5+/t25-/m1/s1. The van der Waals surface area contributed by atoms with Crippen LogP contribution in [0, 0.1) is 6.92 Å². The predicted molar refractivity (Wildman–Crippen MR) is 136 cm³/mol. The quantitative estimate of drug-likeness (QED) is 0.358. The van der Waals surface area contributed by atoms with E-state index in [0.29, 0.717) is 17.8 Å². The number of aryl methyl sites for hydroxylation is 1. The molecule has 3 aromatic rings. The fourth-order valence-corrected chi connectivity index (χ4v) is 5.11. The molecule has 0 aliphatic carbocycles. The number of allylic oxidation sites excluding steroid dienone is 1. The number of ketones is 1. The Morgan fingerprint density at radius 2 is 1.69 bits per heavy atom. The number of hydrogen-bond acceptors (Lipinski definition) is 6. The Morgan fingerprint density at radius 3 is 2.29 bits per heavy atom. The van der Waals surface area contributed by atoms with E-state index >= 15 is 0 Å². The van der Waals surface area contributed by atoms with Crippen molar-refractivity contribution in [3.63, 3.8) is 0 Å². The summed E-state index contributed by atoms with van der Waals surface area (Å²) in [6.07, 6.45) is 5.59. The lowest BCUT2D eigenvalue weighted by atomic mass is 10.1. The van der Waals surface area contributed by atoms with Gasteiger partial charge in [-0.3, -0.25) is 9.59 Å². The number of benzene rings is 2. The molecule has 0 amide bonds. The number of carbonyl (C=O) groups excluding carboxylic acids is 2. The van der Waals surface area contributed by atoms with Crippen LogP contribution < -0.4 is 5.73 Å². The molecule has 35 heavy (non-hydrogen) atoms. The number of hydrogen-bond donors (Lipinski definition) is 1. The van der Waals surface area contributed by atoms with Crippen molar-refractivity contribution >= 4 is 27.7 Å². The molecule has 0 bridgehead atoms. The van der Waals surface area contributed by atoms with Crippen molar-refractivity contribution in [2.75, 3.05) is 7.11 Å². The van der Waals surface area contributed by atoms with Crippen LogP contribution in [0.15, 0.2) is 77.8 Å². The molecular weight excluding hydrogens is 464 g/mol. The summed E-state index contributed by atoms with van der Waals surface area (Å²) >= 11 is 0. The molecule has 7 nitrogen and oxygen atoms in total. The van der Waals surface area contributed by atoms with E-state index < -0.39 is 26.6 Å². The van der Waals surface area contributed by atoms with E-state index in [-0.39, 0.29) is 10.7 Å². The van der Waals surface area contributed by atoms with Crippen LogP contribution in [0.3, 0.4) is 0 Å². The zero-order chi connectivity index (χ0) is 25.8. The Hall–Kier alpha value is -3.49. The third-order valence-electron chi connectivity index (χ3n) is 6.08. The lowest BCUT2D eigenvalue weighted by Gasteiger charge is -2.29. The van der Waals surface area contributed by atoms with E-state index in [2.05, 4.69) is 4.74 Å². The van der Waals surface area contributed by atoms with Gasteiger partial charge in [-0.2, -0.15) is 0 Å². The van der Waals surface area contributed by atoms with Gasteiger partial charge in [0.2, 0.25) is 5.78 Å². The summed E-state index contributed by atoms with van der Waals surface area (Å²) in [6.45, 7) is 5.26. The van der Waals surface area contributed by atoms with Crippen LogP contribution in [0.4, 0.5) is 0 Å². The Balaban J connectivity index is 1.73. The molecule has 0 spiro atoms. The average Bonchev–Trinajstić information content (AvgIpc) is 3.31. The molecule has 0 unspecified atom stereocenters. The molecule has 0 fully saturated rings. The highest BCUT2D eigenvalue weighted by atomic mass is 32.2. The van der Waals surface area contributed by atoms with Crippen molar-refractivity contribution < 1.29 is 22.7 Å². The first-order valence-corrected chi connectivity index (χ1v) is 12.6. The number of nitrogens with zero attached hydrogens (tertiary/aromatic N) is 1. The fourth-order valence-electron chi connectivity index (χ4n) is 3.57. The predicted octanol–water partition coefficient (Wildman–Crippen LogP) is 3.79. The lowest BCUT2D eigenvalue weighted by Crippen LogP contribution is -2.54. The second-order valence-electron chi connectivity index (χ2n) is 8.82. The van der Waals surface area contributed by atoms with E-state index in [1.54, 1.807) is 18.2 Å². The summed E-state index contributed by atoms with van der Waals surface area (Å²) in [5, 5.41) is 0. The van der Waals surface area contributed by atoms with Gasteiger partial charge in [-0.05, 0) is 50.6 Å². The van der Waals surface area contributed by atoms with Crippen LogP contribution in [-0.2, 0) is 25.9 Å². The topological polar surface area (TPSA) is 108 Å². The summed E-state index contributed by atoms with van der Waals surface area (Å²) in [5.41, 5.74) is 8.96. The summed E-state index contributed by atoms with van der Waals surface area (Å²) in [4.78, 5) is 24.7. The van der Waals surface area contributed by atoms with Crippen molar-refractivity contribution in [2.45, 2.75) is 43.0 Å².